The van der Waals surface area contributed by atoms with E-state index in [9.17, 15) is 4.79 Å². The Morgan fingerprint density at radius 2 is 2.17 bits per heavy atom. The van der Waals surface area contributed by atoms with Gasteiger partial charge in [-0.2, -0.15) is 0 Å². The Balaban J connectivity index is 1.69. The number of hydrogen-bond donors (Lipinski definition) is 1. The summed E-state index contributed by atoms with van der Waals surface area (Å²) in [6.07, 6.45) is 0.910. The standard InChI is InChI=1S/C19H25N3O2/c1-4-20-18(23)15-9-10-22(11-15)12-17-14(3)24-19(21-17)16-8-6-5-7-13(16)2/h5-8,15H,4,9-12H2,1-3H3,(H,20,23)/t15-/m0/s1. The molecular formula is C19H25N3O2. The minimum atomic E-state index is 0.0907. The summed E-state index contributed by atoms with van der Waals surface area (Å²) in [7, 11) is 0. The van der Waals surface area contributed by atoms with Crippen molar-refractivity contribution in [1.29, 1.82) is 0 Å². The van der Waals surface area contributed by atoms with E-state index in [4.69, 9.17) is 9.40 Å². The van der Waals surface area contributed by atoms with E-state index in [1.807, 2.05) is 32.0 Å². The number of likely N-dealkylation sites (tertiary alicyclic amines) is 1. The van der Waals surface area contributed by atoms with Gasteiger partial charge in [-0.15, -0.1) is 0 Å². The number of oxazole rings is 1. The highest BCUT2D eigenvalue weighted by Gasteiger charge is 2.29. The molecule has 0 saturated carbocycles. The molecule has 0 bridgehead atoms. The fourth-order valence-electron chi connectivity index (χ4n) is 3.22. The maximum atomic E-state index is 12.0. The zero-order valence-electron chi connectivity index (χ0n) is 14.6. The summed E-state index contributed by atoms with van der Waals surface area (Å²) in [4.78, 5) is 19.0. The van der Waals surface area contributed by atoms with Crippen LogP contribution in [0.3, 0.4) is 0 Å². The van der Waals surface area contributed by atoms with Gasteiger partial charge in [-0.05, 0) is 45.4 Å². The Kier molecular flexibility index (Phi) is 5.00. The summed E-state index contributed by atoms with van der Waals surface area (Å²) in [5, 5.41) is 2.92. The van der Waals surface area contributed by atoms with E-state index >= 15 is 0 Å². The summed E-state index contributed by atoms with van der Waals surface area (Å²) in [6.45, 7) is 9.12. The molecule has 24 heavy (non-hydrogen) atoms. The number of carbonyl (C=O) groups excluding carboxylic acids is 1. The molecule has 1 N–H and O–H groups in total. The summed E-state index contributed by atoms with van der Waals surface area (Å²) in [5.74, 6) is 1.79. The number of amides is 1. The first-order chi connectivity index (χ1) is 11.6. The van der Waals surface area contributed by atoms with Gasteiger partial charge in [-0.1, -0.05) is 18.2 Å². The lowest BCUT2D eigenvalue weighted by Gasteiger charge is -2.14. The van der Waals surface area contributed by atoms with Gasteiger partial charge in [0.05, 0.1) is 11.6 Å². The van der Waals surface area contributed by atoms with E-state index in [-0.39, 0.29) is 11.8 Å². The molecule has 1 aromatic heterocycles. The second-order valence-electron chi connectivity index (χ2n) is 6.45. The lowest BCUT2D eigenvalue weighted by molar-refractivity contribution is -0.124. The number of carbonyl (C=O) groups is 1. The van der Waals surface area contributed by atoms with E-state index in [0.717, 1.165) is 48.6 Å². The fourth-order valence-corrected chi connectivity index (χ4v) is 3.22. The second-order valence-corrected chi connectivity index (χ2v) is 6.45. The topological polar surface area (TPSA) is 58.4 Å². The van der Waals surface area contributed by atoms with Gasteiger partial charge in [-0.3, -0.25) is 9.69 Å². The number of aromatic nitrogens is 1. The molecule has 128 valence electrons. The molecule has 5 heteroatoms. The predicted octanol–water partition coefficient (Wildman–Crippen LogP) is 2.92. The molecule has 0 spiro atoms. The second kappa shape index (κ2) is 7.18. The van der Waals surface area contributed by atoms with E-state index in [2.05, 4.69) is 23.2 Å². The van der Waals surface area contributed by atoms with Crippen LogP contribution < -0.4 is 5.32 Å². The van der Waals surface area contributed by atoms with Crippen LogP contribution in [0.5, 0.6) is 0 Å². The van der Waals surface area contributed by atoms with E-state index < -0.39 is 0 Å². The minimum absolute atomic E-state index is 0.0907. The quantitative estimate of drug-likeness (QED) is 0.917. The third kappa shape index (κ3) is 3.51. The maximum Gasteiger partial charge on any atom is 0.226 e. The molecule has 3 rings (SSSR count). The van der Waals surface area contributed by atoms with Crippen molar-refractivity contribution in [2.45, 2.75) is 33.7 Å². The number of nitrogens with one attached hydrogen (secondary N) is 1. The van der Waals surface area contributed by atoms with Crippen LogP contribution in [0.1, 0.15) is 30.4 Å². The molecule has 0 unspecified atom stereocenters. The number of hydrogen-bond acceptors (Lipinski definition) is 4. The van der Waals surface area contributed by atoms with Gasteiger partial charge in [0.15, 0.2) is 0 Å². The van der Waals surface area contributed by atoms with Crippen molar-refractivity contribution in [2.24, 2.45) is 5.92 Å². The van der Waals surface area contributed by atoms with Crippen LogP contribution in [0.2, 0.25) is 0 Å². The molecule has 1 amide bonds. The molecule has 1 aromatic carbocycles. The van der Waals surface area contributed by atoms with E-state index in [1.165, 1.54) is 0 Å². The van der Waals surface area contributed by atoms with Crippen molar-refractivity contribution < 1.29 is 9.21 Å². The van der Waals surface area contributed by atoms with Crippen LogP contribution in [0, 0.1) is 19.8 Å². The first kappa shape index (κ1) is 16.7. The number of benzene rings is 1. The SMILES string of the molecule is CCNC(=O)[C@H]1CCN(Cc2nc(-c3ccccc3C)oc2C)C1. The van der Waals surface area contributed by atoms with Crippen molar-refractivity contribution in [1.82, 2.24) is 15.2 Å². The summed E-state index contributed by atoms with van der Waals surface area (Å²) < 4.78 is 5.89. The van der Waals surface area contributed by atoms with Gasteiger partial charge in [0.25, 0.3) is 0 Å². The fraction of sp³-hybridized carbons (Fsp3) is 0.474. The normalized spacial score (nSPS) is 18.0. The average molecular weight is 327 g/mol. The first-order valence-electron chi connectivity index (χ1n) is 8.61. The van der Waals surface area contributed by atoms with Crippen LogP contribution in [-0.4, -0.2) is 35.4 Å². The minimum Gasteiger partial charge on any atom is -0.441 e. The van der Waals surface area contributed by atoms with Crippen LogP contribution in [0.15, 0.2) is 28.7 Å². The highest BCUT2D eigenvalue weighted by molar-refractivity contribution is 5.79. The van der Waals surface area contributed by atoms with Crippen molar-refractivity contribution in [3.05, 3.63) is 41.3 Å². The maximum absolute atomic E-state index is 12.0. The highest BCUT2D eigenvalue weighted by Crippen LogP contribution is 2.26. The molecule has 2 aromatic rings. The van der Waals surface area contributed by atoms with E-state index in [0.29, 0.717) is 12.4 Å². The summed E-state index contributed by atoms with van der Waals surface area (Å²) >= 11 is 0. The Labute approximate surface area is 143 Å². The predicted molar refractivity (Wildman–Crippen MR) is 93.5 cm³/mol. The Hall–Kier alpha value is -2.14. The molecule has 1 aliphatic rings. The van der Waals surface area contributed by atoms with Crippen LogP contribution >= 0.6 is 0 Å². The molecule has 1 fully saturated rings. The third-order valence-corrected chi connectivity index (χ3v) is 4.64. The van der Waals surface area contributed by atoms with Crippen LogP contribution in [-0.2, 0) is 11.3 Å². The van der Waals surface area contributed by atoms with Gasteiger partial charge in [0.1, 0.15) is 5.76 Å². The molecule has 1 atom stereocenters. The largest absolute Gasteiger partial charge is 0.441 e. The van der Waals surface area contributed by atoms with Gasteiger partial charge < -0.3 is 9.73 Å². The number of aryl methyl sites for hydroxylation is 2. The van der Waals surface area contributed by atoms with Crippen molar-refractivity contribution >= 4 is 5.91 Å². The monoisotopic (exact) mass is 327 g/mol. The van der Waals surface area contributed by atoms with Crippen LogP contribution in [0.4, 0.5) is 0 Å². The van der Waals surface area contributed by atoms with Crippen LogP contribution in [0.25, 0.3) is 11.5 Å². The highest BCUT2D eigenvalue weighted by atomic mass is 16.4. The Bertz CT molecular complexity index is 723. The van der Waals surface area contributed by atoms with Gasteiger partial charge in [-0.25, -0.2) is 4.98 Å². The van der Waals surface area contributed by atoms with E-state index in [1.54, 1.807) is 0 Å². The number of nitrogens with zero attached hydrogens (tertiary/aromatic N) is 2. The van der Waals surface area contributed by atoms with Gasteiger partial charge >= 0.3 is 0 Å². The van der Waals surface area contributed by atoms with Gasteiger partial charge in [0, 0.05) is 25.2 Å². The smallest absolute Gasteiger partial charge is 0.226 e. The zero-order chi connectivity index (χ0) is 17.1. The molecular weight excluding hydrogens is 302 g/mol. The summed E-state index contributed by atoms with van der Waals surface area (Å²) in [6, 6.07) is 8.11. The Morgan fingerprint density at radius 1 is 1.38 bits per heavy atom. The third-order valence-electron chi connectivity index (χ3n) is 4.64. The van der Waals surface area contributed by atoms with Crippen molar-refractivity contribution in [3.8, 4) is 11.5 Å². The summed E-state index contributed by atoms with van der Waals surface area (Å²) in [5.41, 5.74) is 3.15. The van der Waals surface area contributed by atoms with Crippen molar-refractivity contribution in [2.75, 3.05) is 19.6 Å². The molecule has 0 radical (unpaired) electrons. The Morgan fingerprint density at radius 3 is 2.92 bits per heavy atom. The lowest BCUT2D eigenvalue weighted by atomic mass is 10.1. The first-order valence-corrected chi connectivity index (χ1v) is 8.61. The molecule has 2 heterocycles. The van der Waals surface area contributed by atoms with Crippen molar-refractivity contribution in [3.63, 3.8) is 0 Å². The zero-order valence-corrected chi connectivity index (χ0v) is 14.6. The number of rotatable bonds is 5. The lowest BCUT2D eigenvalue weighted by Crippen LogP contribution is -2.32. The molecule has 1 saturated heterocycles. The molecule has 1 aliphatic heterocycles. The van der Waals surface area contributed by atoms with Gasteiger partial charge in [0.2, 0.25) is 11.8 Å². The molecule has 0 aliphatic carbocycles. The molecule has 5 nitrogen and oxygen atoms in total. The average Bonchev–Trinajstić information content (AvgIpc) is 3.16.